The topological polar surface area (TPSA) is 25.4 Å². The van der Waals surface area contributed by atoms with Gasteiger partial charge in [0.15, 0.2) is 0 Å². The number of rotatable bonds is 5. The van der Waals surface area contributed by atoms with Crippen molar-refractivity contribution >= 4 is 17.6 Å². The van der Waals surface area contributed by atoms with Crippen LogP contribution in [0.1, 0.15) is 18.4 Å². The van der Waals surface area contributed by atoms with Gasteiger partial charge in [0.05, 0.1) is 17.6 Å². The van der Waals surface area contributed by atoms with Crippen LogP contribution in [0, 0.1) is 0 Å². The Morgan fingerprint density at radius 1 is 0.933 bits per heavy atom. The molecule has 0 bridgehead atoms. The van der Waals surface area contributed by atoms with Gasteiger partial charge in [-0.15, -0.1) is 0 Å². The van der Waals surface area contributed by atoms with Gasteiger partial charge in [-0.2, -0.15) is 13.2 Å². The highest BCUT2D eigenvalue weighted by Crippen LogP contribution is 2.43. The van der Waals surface area contributed by atoms with Crippen LogP contribution in [0.15, 0.2) is 70.6 Å². The van der Waals surface area contributed by atoms with Gasteiger partial charge in [0.25, 0.3) is 0 Å². The molecule has 1 fully saturated rings. The number of benzene rings is 2. The van der Waals surface area contributed by atoms with E-state index in [1.165, 1.54) is 19.2 Å². The van der Waals surface area contributed by atoms with Crippen molar-refractivity contribution in [1.29, 1.82) is 0 Å². The number of para-hydroxylation sites is 1. The highest BCUT2D eigenvalue weighted by atomic mass is 32.2. The smallest absolute Gasteiger partial charge is 0.417 e. The average molecular weight is 430 g/mol. The largest absolute Gasteiger partial charge is 0.496 e. The number of anilines is 1. The number of ether oxygens (including phenoxy) is 1. The molecular formula is C23H21F3N2OS. The van der Waals surface area contributed by atoms with Crippen molar-refractivity contribution in [3.63, 3.8) is 0 Å². The van der Waals surface area contributed by atoms with Gasteiger partial charge in [-0.3, -0.25) is 0 Å². The molecule has 0 spiro atoms. The quantitative estimate of drug-likeness (QED) is 0.460. The minimum Gasteiger partial charge on any atom is -0.496 e. The molecule has 0 atom stereocenters. The predicted molar refractivity (Wildman–Crippen MR) is 113 cm³/mol. The summed E-state index contributed by atoms with van der Waals surface area (Å²) in [6.45, 7) is 1.86. The first-order chi connectivity index (χ1) is 14.5. The molecule has 0 saturated carbocycles. The molecular weight excluding hydrogens is 409 g/mol. The maximum atomic E-state index is 13.9. The Morgan fingerprint density at radius 3 is 2.40 bits per heavy atom. The molecule has 1 aliphatic heterocycles. The number of alkyl halides is 3. The first-order valence-electron chi connectivity index (χ1n) is 9.69. The van der Waals surface area contributed by atoms with Gasteiger partial charge in [-0.05, 0) is 60.4 Å². The number of pyridine rings is 1. The summed E-state index contributed by atoms with van der Waals surface area (Å²) in [5, 5.41) is 0. The molecule has 0 N–H and O–H groups in total. The maximum absolute atomic E-state index is 13.9. The minimum absolute atomic E-state index is 0.143. The normalized spacial score (nSPS) is 14.2. The van der Waals surface area contributed by atoms with Gasteiger partial charge in [-0.25, -0.2) is 4.98 Å². The number of halogens is 3. The molecule has 2 aromatic carbocycles. The third-order valence-electron chi connectivity index (χ3n) is 5.08. The van der Waals surface area contributed by atoms with Crippen molar-refractivity contribution in [3.05, 3.63) is 66.4 Å². The third kappa shape index (κ3) is 4.41. The third-order valence-corrected chi connectivity index (χ3v) is 6.22. The van der Waals surface area contributed by atoms with Crippen LogP contribution in [0.2, 0.25) is 0 Å². The molecule has 156 valence electrons. The first-order valence-corrected chi connectivity index (χ1v) is 10.5. The Kier molecular flexibility index (Phi) is 5.90. The molecule has 0 aliphatic carbocycles. The Morgan fingerprint density at radius 2 is 1.67 bits per heavy atom. The highest BCUT2D eigenvalue weighted by Gasteiger charge is 2.34. The standard InChI is InChI=1S/C23H21F3N2OS/c1-29-19-6-2-3-7-21(19)30-20-9-8-16(14-18(20)23(24,25)26)17-10-11-27-22(15-17)28-12-4-5-13-28/h2-3,6-11,14-15H,4-5,12-13H2,1H3. The van der Waals surface area contributed by atoms with E-state index in [1.54, 1.807) is 42.6 Å². The second kappa shape index (κ2) is 8.60. The van der Waals surface area contributed by atoms with E-state index in [-0.39, 0.29) is 4.90 Å². The van der Waals surface area contributed by atoms with Crippen molar-refractivity contribution in [1.82, 2.24) is 4.98 Å². The second-order valence-electron chi connectivity index (χ2n) is 7.06. The van der Waals surface area contributed by atoms with Crippen LogP contribution in [0.3, 0.4) is 0 Å². The minimum atomic E-state index is -4.47. The Bertz CT molecular complexity index is 1030. The SMILES string of the molecule is COc1ccccc1Sc1ccc(-c2ccnc(N3CCCC3)c2)cc1C(F)(F)F. The molecule has 7 heteroatoms. The van der Waals surface area contributed by atoms with E-state index >= 15 is 0 Å². The number of hydrogen-bond donors (Lipinski definition) is 0. The zero-order valence-electron chi connectivity index (χ0n) is 16.4. The van der Waals surface area contributed by atoms with Crippen molar-refractivity contribution in [2.45, 2.75) is 28.8 Å². The summed E-state index contributed by atoms with van der Waals surface area (Å²) in [5.74, 6) is 1.36. The van der Waals surface area contributed by atoms with Crippen molar-refractivity contribution in [2.24, 2.45) is 0 Å². The molecule has 0 radical (unpaired) electrons. The van der Waals surface area contributed by atoms with Crippen LogP contribution < -0.4 is 9.64 Å². The van der Waals surface area contributed by atoms with Gasteiger partial charge in [0.1, 0.15) is 11.6 Å². The Hall–Kier alpha value is -2.67. The van der Waals surface area contributed by atoms with Gasteiger partial charge >= 0.3 is 6.18 Å². The zero-order valence-corrected chi connectivity index (χ0v) is 17.3. The molecule has 30 heavy (non-hydrogen) atoms. The molecule has 0 amide bonds. The van der Waals surface area contributed by atoms with E-state index in [0.717, 1.165) is 49.1 Å². The first kappa shape index (κ1) is 20.6. The van der Waals surface area contributed by atoms with Crippen molar-refractivity contribution < 1.29 is 17.9 Å². The predicted octanol–water partition coefficient (Wildman–Crippen LogP) is 6.53. The van der Waals surface area contributed by atoms with Crippen LogP contribution >= 0.6 is 11.8 Å². The molecule has 2 heterocycles. The summed E-state index contributed by atoms with van der Waals surface area (Å²) >= 11 is 1.05. The van der Waals surface area contributed by atoms with Gasteiger partial charge < -0.3 is 9.64 Å². The molecule has 3 aromatic rings. The van der Waals surface area contributed by atoms with E-state index < -0.39 is 11.7 Å². The lowest BCUT2D eigenvalue weighted by atomic mass is 10.0. The second-order valence-corrected chi connectivity index (χ2v) is 8.14. The molecule has 1 aliphatic rings. The van der Waals surface area contributed by atoms with Gasteiger partial charge in [0, 0.05) is 24.2 Å². The van der Waals surface area contributed by atoms with E-state index in [1.807, 2.05) is 6.07 Å². The summed E-state index contributed by atoms with van der Waals surface area (Å²) in [5.41, 5.74) is 0.594. The zero-order chi connectivity index (χ0) is 21.1. The highest BCUT2D eigenvalue weighted by molar-refractivity contribution is 7.99. The van der Waals surface area contributed by atoms with Crippen LogP contribution in [-0.2, 0) is 6.18 Å². The number of hydrogen-bond acceptors (Lipinski definition) is 4. The summed E-state index contributed by atoms with van der Waals surface area (Å²) in [6.07, 6.45) is -0.586. The average Bonchev–Trinajstić information content (AvgIpc) is 3.29. The van der Waals surface area contributed by atoms with Crippen LogP contribution in [0.5, 0.6) is 5.75 Å². The van der Waals surface area contributed by atoms with E-state index in [2.05, 4.69) is 9.88 Å². The summed E-state index contributed by atoms with van der Waals surface area (Å²) in [4.78, 5) is 7.34. The fraction of sp³-hybridized carbons (Fsp3) is 0.261. The van der Waals surface area contributed by atoms with E-state index in [4.69, 9.17) is 4.74 Å². The summed E-state index contributed by atoms with van der Waals surface area (Å²) in [7, 11) is 1.51. The number of nitrogens with zero attached hydrogens (tertiary/aromatic N) is 2. The fourth-order valence-corrected chi connectivity index (χ4v) is 4.61. The van der Waals surface area contributed by atoms with Crippen molar-refractivity contribution in [2.75, 3.05) is 25.1 Å². The number of aromatic nitrogens is 1. The molecule has 1 saturated heterocycles. The van der Waals surface area contributed by atoms with E-state index in [0.29, 0.717) is 16.2 Å². The molecule has 0 unspecified atom stereocenters. The van der Waals surface area contributed by atoms with Crippen LogP contribution in [-0.4, -0.2) is 25.2 Å². The lowest BCUT2D eigenvalue weighted by Gasteiger charge is -2.18. The van der Waals surface area contributed by atoms with Gasteiger partial charge in [-0.1, -0.05) is 30.0 Å². The summed E-state index contributed by atoms with van der Waals surface area (Å²) in [6, 6.07) is 15.2. The lowest BCUT2D eigenvalue weighted by molar-refractivity contribution is -0.139. The van der Waals surface area contributed by atoms with Crippen LogP contribution in [0.4, 0.5) is 19.0 Å². The maximum Gasteiger partial charge on any atom is 0.417 e. The lowest BCUT2D eigenvalue weighted by Crippen LogP contribution is -2.18. The van der Waals surface area contributed by atoms with Crippen LogP contribution in [0.25, 0.3) is 11.1 Å². The van der Waals surface area contributed by atoms with E-state index in [9.17, 15) is 13.2 Å². The Balaban J connectivity index is 1.71. The number of methoxy groups -OCH3 is 1. The van der Waals surface area contributed by atoms with Gasteiger partial charge in [0.2, 0.25) is 0 Å². The molecule has 4 rings (SSSR count). The molecule has 3 nitrogen and oxygen atoms in total. The van der Waals surface area contributed by atoms with Crippen molar-refractivity contribution in [3.8, 4) is 16.9 Å². The monoisotopic (exact) mass is 430 g/mol. The summed E-state index contributed by atoms with van der Waals surface area (Å²) < 4.78 is 47.0. The fourth-order valence-electron chi connectivity index (χ4n) is 3.56. The molecule has 1 aromatic heterocycles. The Labute approximate surface area is 177 Å².